The first kappa shape index (κ1) is 15.8. The van der Waals surface area contributed by atoms with Gasteiger partial charge in [0.2, 0.25) is 0 Å². The molecular formula is C18H24N4OS. The van der Waals surface area contributed by atoms with Gasteiger partial charge in [0.1, 0.15) is 16.5 Å². The molecule has 2 aromatic rings. The third kappa shape index (κ3) is 2.77. The van der Waals surface area contributed by atoms with Crippen LogP contribution in [-0.4, -0.2) is 35.0 Å². The average Bonchev–Trinajstić information content (AvgIpc) is 3.28. The highest BCUT2D eigenvalue weighted by molar-refractivity contribution is 7.20. The summed E-state index contributed by atoms with van der Waals surface area (Å²) in [6.07, 6.45) is 7.08. The Morgan fingerprint density at radius 3 is 2.54 bits per heavy atom. The molecule has 5 nitrogen and oxygen atoms in total. The van der Waals surface area contributed by atoms with E-state index in [9.17, 15) is 4.79 Å². The number of nitrogens with one attached hydrogen (secondary N) is 1. The second-order valence-corrected chi connectivity index (χ2v) is 7.98. The van der Waals surface area contributed by atoms with Gasteiger partial charge in [0, 0.05) is 19.1 Å². The maximum atomic E-state index is 12.7. The lowest BCUT2D eigenvalue weighted by atomic mass is 10.1. The van der Waals surface area contributed by atoms with Crippen LogP contribution in [0.25, 0.3) is 10.2 Å². The van der Waals surface area contributed by atoms with Crippen LogP contribution in [0.15, 0.2) is 0 Å². The molecule has 0 radical (unpaired) electrons. The van der Waals surface area contributed by atoms with Crippen molar-refractivity contribution in [3.05, 3.63) is 16.3 Å². The van der Waals surface area contributed by atoms with Gasteiger partial charge in [0.15, 0.2) is 0 Å². The molecule has 128 valence electrons. The fourth-order valence-electron chi connectivity index (χ4n) is 3.92. The number of anilines is 1. The van der Waals surface area contributed by atoms with Crippen LogP contribution in [0.4, 0.5) is 5.82 Å². The molecule has 0 aromatic carbocycles. The molecule has 1 aliphatic heterocycles. The number of thiophene rings is 1. The summed E-state index contributed by atoms with van der Waals surface area (Å²) in [6, 6.07) is 0.341. The molecule has 3 heterocycles. The summed E-state index contributed by atoms with van der Waals surface area (Å²) in [6.45, 7) is 6.07. The number of amides is 1. The molecule has 6 heteroatoms. The van der Waals surface area contributed by atoms with Gasteiger partial charge < -0.3 is 10.2 Å². The van der Waals surface area contributed by atoms with Gasteiger partial charge in [-0.2, -0.15) is 0 Å². The Balaban J connectivity index is 1.73. The fourth-order valence-corrected chi connectivity index (χ4v) is 5.04. The van der Waals surface area contributed by atoms with Crippen LogP contribution < -0.4 is 10.2 Å². The molecule has 0 atom stereocenters. The quantitative estimate of drug-likeness (QED) is 0.924. The summed E-state index contributed by atoms with van der Waals surface area (Å²) in [7, 11) is 0. The van der Waals surface area contributed by atoms with Gasteiger partial charge >= 0.3 is 0 Å². The first-order valence-corrected chi connectivity index (χ1v) is 9.78. The third-order valence-corrected chi connectivity index (χ3v) is 6.37. The van der Waals surface area contributed by atoms with Crippen molar-refractivity contribution in [2.24, 2.45) is 0 Å². The molecule has 1 saturated carbocycles. The summed E-state index contributed by atoms with van der Waals surface area (Å²) >= 11 is 1.51. The van der Waals surface area contributed by atoms with Crippen LogP contribution >= 0.6 is 11.3 Å². The molecule has 0 unspecified atom stereocenters. The number of rotatable bonds is 3. The van der Waals surface area contributed by atoms with E-state index >= 15 is 0 Å². The van der Waals surface area contributed by atoms with Crippen LogP contribution in [0.3, 0.4) is 0 Å². The van der Waals surface area contributed by atoms with Crippen molar-refractivity contribution in [3.63, 3.8) is 0 Å². The van der Waals surface area contributed by atoms with E-state index in [4.69, 9.17) is 4.98 Å². The second-order valence-electron chi connectivity index (χ2n) is 6.98. The van der Waals surface area contributed by atoms with E-state index in [-0.39, 0.29) is 5.91 Å². The van der Waals surface area contributed by atoms with E-state index in [1.165, 1.54) is 37.0 Å². The van der Waals surface area contributed by atoms with Crippen LogP contribution in [0.5, 0.6) is 0 Å². The number of nitrogens with zero attached hydrogens (tertiary/aromatic N) is 3. The smallest absolute Gasteiger partial charge is 0.261 e. The SMILES string of the molecule is Cc1nc(N2CCCC2)c2c(C)c(C(=O)NC3CCCC3)sc2n1. The molecule has 4 rings (SSSR count). The number of carbonyl (C=O) groups excluding carboxylic acids is 1. The third-order valence-electron chi connectivity index (χ3n) is 5.19. The van der Waals surface area contributed by atoms with Crippen molar-refractivity contribution in [1.29, 1.82) is 0 Å². The number of fused-ring (bicyclic) bond motifs is 1. The number of aryl methyl sites for hydroxylation is 2. The molecule has 2 aliphatic rings. The van der Waals surface area contributed by atoms with E-state index in [0.717, 1.165) is 58.2 Å². The van der Waals surface area contributed by atoms with E-state index in [1.54, 1.807) is 0 Å². The van der Waals surface area contributed by atoms with Gasteiger partial charge in [-0.25, -0.2) is 9.97 Å². The number of carbonyl (C=O) groups is 1. The summed E-state index contributed by atoms with van der Waals surface area (Å²) in [4.78, 5) is 26.1. The van der Waals surface area contributed by atoms with Crippen molar-refractivity contribution in [2.75, 3.05) is 18.0 Å². The summed E-state index contributed by atoms with van der Waals surface area (Å²) in [5.41, 5.74) is 1.03. The maximum Gasteiger partial charge on any atom is 0.261 e. The summed E-state index contributed by atoms with van der Waals surface area (Å²) in [5, 5.41) is 4.28. The Morgan fingerprint density at radius 1 is 1.12 bits per heavy atom. The van der Waals surface area contributed by atoms with Crippen molar-refractivity contribution in [3.8, 4) is 0 Å². The zero-order chi connectivity index (χ0) is 16.7. The number of aromatic nitrogens is 2. The molecular weight excluding hydrogens is 320 g/mol. The Hall–Kier alpha value is -1.69. The molecule has 1 saturated heterocycles. The predicted octanol–water partition coefficient (Wildman–Crippen LogP) is 3.58. The monoisotopic (exact) mass is 344 g/mol. The zero-order valence-corrected chi connectivity index (χ0v) is 15.2. The molecule has 1 aliphatic carbocycles. The van der Waals surface area contributed by atoms with Crippen molar-refractivity contribution in [2.45, 2.75) is 58.4 Å². The maximum absolute atomic E-state index is 12.7. The molecule has 1 amide bonds. The fraction of sp³-hybridized carbons (Fsp3) is 0.611. The number of hydrogen-bond donors (Lipinski definition) is 1. The van der Waals surface area contributed by atoms with Gasteiger partial charge in [0.25, 0.3) is 5.91 Å². The van der Waals surface area contributed by atoms with Crippen LogP contribution in [0, 0.1) is 13.8 Å². The lowest BCUT2D eigenvalue weighted by Crippen LogP contribution is -2.32. The van der Waals surface area contributed by atoms with Crippen molar-refractivity contribution in [1.82, 2.24) is 15.3 Å². The minimum absolute atomic E-state index is 0.0624. The molecule has 2 aromatic heterocycles. The highest BCUT2D eigenvalue weighted by Gasteiger charge is 2.25. The van der Waals surface area contributed by atoms with Gasteiger partial charge in [-0.1, -0.05) is 12.8 Å². The molecule has 1 N–H and O–H groups in total. The first-order valence-electron chi connectivity index (χ1n) is 8.97. The molecule has 2 fully saturated rings. The average molecular weight is 344 g/mol. The van der Waals surface area contributed by atoms with E-state index < -0.39 is 0 Å². The van der Waals surface area contributed by atoms with Gasteiger partial charge in [-0.15, -0.1) is 11.3 Å². The lowest BCUT2D eigenvalue weighted by Gasteiger charge is -2.18. The molecule has 0 spiro atoms. The van der Waals surface area contributed by atoms with Gasteiger partial charge in [0.05, 0.1) is 10.3 Å². The summed E-state index contributed by atoms with van der Waals surface area (Å²) < 4.78 is 0. The van der Waals surface area contributed by atoms with E-state index in [1.807, 2.05) is 13.8 Å². The van der Waals surface area contributed by atoms with Crippen LogP contribution in [0.1, 0.15) is 59.6 Å². The van der Waals surface area contributed by atoms with Crippen LogP contribution in [-0.2, 0) is 0 Å². The van der Waals surface area contributed by atoms with E-state index in [0.29, 0.717) is 6.04 Å². The van der Waals surface area contributed by atoms with Crippen LogP contribution in [0.2, 0.25) is 0 Å². The normalized spacial score (nSPS) is 18.7. The zero-order valence-electron chi connectivity index (χ0n) is 14.4. The Kier molecular flexibility index (Phi) is 4.16. The predicted molar refractivity (Wildman–Crippen MR) is 98.1 cm³/mol. The highest BCUT2D eigenvalue weighted by atomic mass is 32.1. The van der Waals surface area contributed by atoms with E-state index in [2.05, 4.69) is 15.2 Å². The minimum Gasteiger partial charge on any atom is -0.356 e. The summed E-state index contributed by atoms with van der Waals surface area (Å²) in [5.74, 6) is 1.87. The second kappa shape index (κ2) is 6.31. The largest absolute Gasteiger partial charge is 0.356 e. The number of hydrogen-bond acceptors (Lipinski definition) is 5. The highest BCUT2D eigenvalue weighted by Crippen LogP contribution is 2.36. The topological polar surface area (TPSA) is 58.1 Å². The minimum atomic E-state index is 0.0624. The van der Waals surface area contributed by atoms with Gasteiger partial charge in [-0.05, 0) is 45.1 Å². The van der Waals surface area contributed by atoms with Crippen molar-refractivity contribution >= 4 is 33.3 Å². The Morgan fingerprint density at radius 2 is 1.83 bits per heavy atom. The first-order chi connectivity index (χ1) is 11.6. The standard InChI is InChI=1S/C18H24N4OS/c1-11-14-16(22-9-5-6-10-22)19-12(2)20-18(14)24-15(11)17(23)21-13-7-3-4-8-13/h13H,3-10H2,1-2H3,(H,21,23). The molecule has 24 heavy (non-hydrogen) atoms. The van der Waals surface area contributed by atoms with Gasteiger partial charge in [-0.3, -0.25) is 4.79 Å². The lowest BCUT2D eigenvalue weighted by molar-refractivity contribution is 0.0941. The Labute approximate surface area is 146 Å². The van der Waals surface area contributed by atoms with Crippen molar-refractivity contribution < 1.29 is 4.79 Å². The molecule has 0 bridgehead atoms. The Bertz CT molecular complexity index is 773.